The molecular formula is C17H24N2O6S. The Balaban J connectivity index is 2.10. The summed E-state index contributed by atoms with van der Waals surface area (Å²) in [6.07, 6.45) is 0.939. The molecule has 0 radical (unpaired) electrons. The van der Waals surface area contributed by atoms with Gasteiger partial charge >= 0.3 is 5.97 Å². The van der Waals surface area contributed by atoms with Crippen molar-refractivity contribution in [3.8, 4) is 0 Å². The van der Waals surface area contributed by atoms with Crippen LogP contribution >= 0.6 is 0 Å². The van der Waals surface area contributed by atoms with Gasteiger partial charge in [0, 0.05) is 27.2 Å². The maximum absolute atomic E-state index is 12.6. The summed E-state index contributed by atoms with van der Waals surface area (Å²) in [5.41, 5.74) is -1.15. The van der Waals surface area contributed by atoms with Crippen LogP contribution in [0.4, 0.5) is 0 Å². The minimum absolute atomic E-state index is 0.00423. The van der Waals surface area contributed by atoms with Crippen molar-refractivity contribution in [3.05, 3.63) is 30.3 Å². The molecule has 1 heterocycles. The van der Waals surface area contributed by atoms with Crippen LogP contribution in [0.25, 0.3) is 0 Å². The lowest BCUT2D eigenvalue weighted by molar-refractivity contribution is -0.159. The Labute approximate surface area is 153 Å². The summed E-state index contributed by atoms with van der Waals surface area (Å²) in [6.45, 7) is 0.0647. The van der Waals surface area contributed by atoms with E-state index < -0.39 is 27.3 Å². The van der Waals surface area contributed by atoms with E-state index in [1.807, 2.05) is 0 Å². The Morgan fingerprint density at radius 3 is 2.54 bits per heavy atom. The molecule has 1 fully saturated rings. The van der Waals surface area contributed by atoms with E-state index in [1.165, 1.54) is 31.2 Å². The maximum Gasteiger partial charge on any atom is 0.313 e. The summed E-state index contributed by atoms with van der Waals surface area (Å²) >= 11 is 0. The van der Waals surface area contributed by atoms with Crippen molar-refractivity contribution >= 4 is 21.9 Å². The van der Waals surface area contributed by atoms with Gasteiger partial charge in [-0.25, -0.2) is 8.42 Å². The molecule has 1 aromatic rings. The number of hydrogen-bond donors (Lipinski definition) is 1. The lowest BCUT2D eigenvalue weighted by atomic mass is 9.80. The van der Waals surface area contributed by atoms with Crippen LogP contribution in [0.1, 0.15) is 12.8 Å². The highest BCUT2D eigenvalue weighted by molar-refractivity contribution is 7.89. The molecule has 144 valence electrons. The number of nitrogens with zero attached hydrogens (tertiary/aromatic N) is 2. The summed E-state index contributed by atoms with van der Waals surface area (Å²) in [5.74, 6) is -1.43. The van der Waals surface area contributed by atoms with Crippen LogP contribution in [0.5, 0.6) is 0 Å². The Morgan fingerprint density at radius 1 is 1.31 bits per heavy atom. The first-order valence-corrected chi connectivity index (χ1v) is 9.68. The monoisotopic (exact) mass is 384 g/mol. The number of benzene rings is 1. The van der Waals surface area contributed by atoms with Gasteiger partial charge < -0.3 is 14.7 Å². The van der Waals surface area contributed by atoms with E-state index in [0.29, 0.717) is 19.4 Å². The number of piperidine rings is 1. The van der Waals surface area contributed by atoms with E-state index in [2.05, 4.69) is 0 Å². The molecule has 0 saturated carbocycles. The molecule has 8 nitrogen and oxygen atoms in total. The largest absolute Gasteiger partial charge is 0.481 e. The van der Waals surface area contributed by atoms with Crippen LogP contribution in [-0.4, -0.2) is 75.0 Å². The van der Waals surface area contributed by atoms with Crippen LogP contribution in [0.15, 0.2) is 35.2 Å². The zero-order chi connectivity index (χ0) is 19.4. The number of carbonyl (C=O) groups excluding carboxylic acids is 1. The number of hydrogen-bond acceptors (Lipinski definition) is 5. The summed E-state index contributed by atoms with van der Waals surface area (Å²) in [5, 5.41) is 9.55. The number of carbonyl (C=O) groups is 2. The molecule has 0 aromatic heterocycles. The highest BCUT2D eigenvalue weighted by atomic mass is 32.2. The average molecular weight is 384 g/mol. The first-order chi connectivity index (χ1) is 12.2. The number of ether oxygens (including phenoxy) is 1. The van der Waals surface area contributed by atoms with Gasteiger partial charge in [0.2, 0.25) is 15.9 Å². The third-order valence-electron chi connectivity index (χ3n) is 4.61. The van der Waals surface area contributed by atoms with E-state index in [9.17, 15) is 23.1 Å². The molecular weight excluding hydrogens is 360 g/mol. The van der Waals surface area contributed by atoms with Crippen LogP contribution in [0, 0.1) is 5.41 Å². The summed E-state index contributed by atoms with van der Waals surface area (Å²) < 4.78 is 31.1. The van der Waals surface area contributed by atoms with Crippen LogP contribution in [0.2, 0.25) is 0 Å². The molecule has 1 amide bonds. The van der Waals surface area contributed by atoms with E-state index in [4.69, 9.17) is 4.74 Å². The first kappa shape index (κ1) is 20.3. The standard InChI is InChI=1S/C17H24N2O6S/c1-18(26(23,24)14-7-4-3-5-8-14)11-15(20)19-10-6-9-17(12-19,13-25-2)16(21)22/h3-5,7-8H,6,9-13H2,1-2H3,(H,21,22). The minimum Gasteiger partial charge on any atom is -0.481 e. The predicted octanol–water partition coefficient (Wildman–Crippen LogP) is 0.647. The van der Waals surface area contributed by atoms with Crippen molar-refractivity contribution in [1.29, 1.82) is 0 Å². The maximum atomic E-state index is 12.6. The Bertz CT molecular complexity index is 748. The molecule has 26 heavy (non-hydrogen) atoms. The number of likely N-dealkylation sites (tertiary alicyclic amines) is 1. The summed E-state index contributed by atoms with van der Waals surface area (Å²) in [4.78, 5) is 25.8. The molecule has 9 heteroatoms. The van der Waals surface area contributed by atoms with E-state index in [1.54, 1.807) is 18.2 Å². The fraction of sp³-hybridized carbons (Fsp3) is 0.529. The molecule has 0 bridgehead atoms. The molecule has 0 spiro atoms. The molecule has 1 aromatic carbocycles. The van der Waals surface area contributed by atoms with Gasteiger partial charge in [0.1, 0.15) is 5.41 Å². The quantitative estimate of drug-likeness (QED) is 0.740. The van der Waals surface area contributed by atoms with Gasteiger partial charge in [-0.3, -0.25) is 9.59 Å². The van der Waals surface area contributed by atoms with Crippen molar-refractivity contribution in [2.75, 3.05) is 40.4 Å². The van der Waals surface area contributed by atoms with Gasteiger partial charge in [-0.2, -0.15) is 4.31 Å². The topological polar surface area (TPSA) is 104 Å². The van der Waals surface area contributed by atoms with E-state index in [0.717, 1.165) is 4.31 Å². The fourth-order valence-corrected chi connectivity index (χ4v) is 4.26. The fourth-order valence-electron chi connectivity index (χ4n) is 3.12. The number of carboxylic acid groups (broad SMARTS) is 1. The van der Waals surface area contributed by atoms with Gasteiger partial charge in [0.15, 0.2) is 0 Å². The third-order valence-corrected chi connectivity index (χ3v) is 6.43. The highest BCUT2D eigenvalue weighted by Crippen LogP contribution is 2.31. The summed E-state index contributed by atoms with van der Waals surface area (Å²) in [6, 6.07) is 7.86. The second-order valence-electron chi connectivity index (χ2n) is 6.51. The van der Waals surface area contributed by atoms with Crippen molar-refractivity contribution in [2.45, 2.75) is 17.7 Å². The molecule has 0 aliphatic carbocycles. The summed E-state index contributed by atoms with van der Waals surface area (Å²) in [7, 11) is -1.02. The zero-order valence-electron chi connectivity index (χ0n) is 14.9. The molecule has 1 aliphatic rings. The predicted molar refractivity (Wildman–Crippen MR) is 94.0 cm³/mol. The number of methoxy groups -OCH3 is 1. The molecule has 2 rings (SSSR count). The molecule has 1 aliphatic heterocycles. The normalized spacial score (nSPS) is 21.0. The molecule has 1 N–H and O–H groups in total. The second kappa shape index (κ2) is 8.15. The van der Waals surface area contributed by atoms with Gasteiger partial charge in [0.05, 0.1) is 18.0 Å². The van der Waals surface area contributed by atoms with Gasteiger partial charge in [-0.15, -0.1) is 0 Å². The zero-order valence-corrected chi connectivity index (χ0v) is 15.7. The third kappa shape index (κ3) is 4.22. The number of amides is 1. The van der Waals surface area contributed by atoms with Crippen molar-refractivity contribution in [2.24, 2.45) is 5.41 Å². The number of aliphatic carboxylic acids is 1. The smallest absolute Gasteiger partial charge is 0.313 e. The minimum atomic E-state index is -3.78. The Kier molecular flexibility index (Phi) is 6.38. The van der Waals surface area contributed by atoms with Crippen molar-refractivity contribution < 1.29 is 27.9 Å². The van der Waals surface area contributed by atoms with E-state index in [-0.39, 0.29) is 24.6 Å². The number of sulfonamides is 1. The Hall–Kier alpha value is -1.97. The first-order valence-electron chi connectivity index (χ1n) is 8.24. The molecule has 1 atom stereocenters. The van der Waals surface area contributed by atoms with Gasteiger partial charge in [-0.1, -0.05) is 18.2 Å². The second-order valence-corrected chi connectivity index (χ2v) is 8.56. The van der Waals surface area contributed by atoms with Crippen molar-refractivity contribution in [1.82, 2.24) is 9.21 Å². The number of rotatable bonds is 7. The highest BCUT2D eigenvalue weighted by Gasteiger charge is 2.44. The van der Waals surface area contributed by atoms with Gasteiger partial charge in [0.25, 0.3) is 0 Å². The van der Waals surface area contributed by atoms with Crippen molar-refractivity contribution in [3.63, 3.8) is 0 Å². The average Bonchev–Trinajstić information content (AvgIpc) is 2.62. The molecule has 1 saturated heterocycles. The Morgan fingerprint density at radius 2 is 1.96 bits per heavy atom. The van der Waals surface area contributed by atoms with Crippen LogP contribution in [-0.2, 0) is 24.3 Å². The van der Waals surface area contributed by atoms with Crippen LogP contribution in [0.3, 0.4) is 0 Å². The van der Waals surface area contributed by atoms with Crippen LogP contribution < -0.4 is 0 Å². The SMILES string of the molecule is COCC1(C(=O)O)CCCN(C(=O)CN(C)S(=O)(=O)c2ccccc2)C1. The van der Waals surface area contributed by atoms with E-state index >= 15 is 0 Å². The number of carboxylic acids is 1. The molecule has 1 unspecified atom stereocenters. The van der Waals surface area contributed by atoms with Gasteiger partial charge in [-0.05, 0) is 25.0 Å². The number of likely N-dealkylation sites (N-methyl/N-ethyl adjacent to an activating group) is 1. The lowest BCUT2D eigenvalue weighted by Crippen LogP contribution is -2.54. The lowest BCUT2D eigenvalue weighted by Gasteiger charge is -2.39.